The normalized spacial score (nSPS) is 10.7. The van der Waals surface area contributed by atoms with Crippen molar-refractivity contribution in [2.45, 2.75) is 26.4 Å². The molecular weight excluding hydrogens is 376 g/mol. The zero-order valence-corrected chi connectivity index (χ0v) is 17.0. The zero-order chi connectivity index (χ0) is 20.1. The third-order valence-electron chi connectivity index (χ3n) is 4.60. The minimum Gasteiger partial charge on any atom is -0.497 e. The van der Waals surface area contributed by atoms with Gasteiger partial charge in [-0.1, -0.05) is 30.7 Å². The van der Waals surface area contributed by atoms with Crippen molar-refractivity contribution in [2.24, 2.45) is 0 Å². The molecule has 146 valence electrons. The standard InChI is InChI=1S/C22H23ClN2O3/c1-4-21(26)25(13-15-5-7-18(27-2)8-6-15)14-17-11-16-12-19(28-3)9-10-20(16)24-22(17)23/h5-12H,4,13-14H2,1-3H3. The van der Waals surface area contributed by atoms with Crippen LogP contribution in [0, 0.1) is 0 Å². The van der Waals surface area contributed by atoms with Crippen molar-refractivity contribution in [1.29, 1.82) is 0 Å². The molecule has 0 spiro atoms. The van der Waals surface area contributed by atoms with Gasteiger partial charge in [0.1, 0.15) is 16.7 Å². The summed E-state index contributed by atoms with van der Waals surface area (Å²) in [6, 6.07) is 15.3. The summed E-state index contributed by atoms with van der Waals surface area (Å²) >= 11 is 6.41. The number of nitrogens with zero attached hydrogens (tertiary/aromatic N) is 2. The minimum atomic E-state index is 0.0534. The molecule has 5 nitrogen and oxygen atoms in total. The molecule has 0 atom stereocenters. The molecule has 3 aromatic rings. The van der Waals surface area contributed by atoms with Crippen molar-refractivity contribution in [2.75, 3.05) is 14.2 Å². The van der Waals surface area contributed by atoms with E-state index in [0.717, 1.165) is 33.5 Å². The van der Waals surface area contributed by atoms with Gasteiger partial charge in [-0.25, -0.2) is 4.98 Å². The van der Waals surface area contributed by atoms with Crippen LogP contribution in [0.1, 0.15) is 24.5 Å². The van der Waals surface area contributed by atoms with E-state index in [-0.39, 0.29) is 5.91 Å². The monoisotopic (exact) mass is 398 g/mol. The first-order valence-electron chi connectivity index (χ1n) is 9.08. The summed E-state index contributed by atoms with van der Waals surface area (Å²) < 4.78 is 10.5. The molecule has 0 aliphatic heterocycles. The molecule has 0 aliphatic rings. The lowest BCUT2D eigenvalue weighted by atomic mass is 10.1. The Hall–Kier alpha value is -2.79. The molecule has 0 aliphatic carbocycles. The van der Waals surface area contributed by atoms with Crippen LogP contribution in [0.25, 0.3) is 10.9 Å². The van der Waals surface area contributed by atoms with Gasteiger partial charge in [-0.3, -0.25) is 4.79 Å². The highest BCUT2D eigenvalue weighted by Crippen LogP contribution is 2.26. The first-order chi connectivity index (χ1) is 13.5. The molecule has 0 unspecified atom stereocenters. The number of ether oxygens (including phenoxy) is 2. The van der Waals surface area contributed by atoms with Gasteiger partial charge >= 0.3 is 0 Å². The first-order valence-corrected chi connectivity index (χ1v) is 9.45. The second kappa shape index (κ2) is 8.93. The number of methoxy groups -OCH3 is 2. The quantitative estimate of drug-likeness (QED) is 0.534. The van der Waals surface area contributed by atoms with E-state index < -0.39 is 0 Å². The number of aromatic nitrogens is 1. The lowest BCUT2D eigenvalue weighted by Crippen LogP contribution is -2.29. The van der Waals surface area contributed by atoms with Crippen LogP contribution in [0.4, 0.5) is 0 Å². The number of benzene rings is 2. The Balaban J connectivity index is 1.89. The van der Waals surface area contributed by atoms with Crippen LogP contribution in [0.2, 0.25) is 5.15 Å². The lowest BCUT2D eigenvalue weighted by molar-refractivity contribution is -0.132. The molecule has 0 saturated carbocycles. The number of pyridine rings is 1. The van der Waals surface area contributed by atoms with E-state index in [1.54, 1.807) is 19.1 Å². The van der Waals surface area contributed by atoms with Gasteiger partial charge in [-0.15, -0.1) is 0 Å². The van der Waals surface area contributed by atoms with E-state index in [0.29, 0.717) is 24.7 Å². The number of halogens is 1. The summed E-state index contributed by atoms with van der Waals surface area (Å²) in [5.41, 5.74) is 2.62. The van der Waals surface area contributed by atoms with E-state index in [1.165, 1.54) is 0 Å². The number of carbonyl (C=O) groups excluding carboxylic acids is 1. The summed E-state index contributed by atoms with van der Waals surface area (Å²) in [4.78, 5) is 18.8. The van der Waals surface area contributed by atoms with Gasteiger partial charge in [-0.2, -0.15) is 0 Å². The van der Waals surface area contributed by atoms with Crippen LogP contribution in [-0.2, 0) is 17.9 Å². The van der Waals surface area contributed by atoms with Crippen molar-refractivity contribution >= 4 is 28.4 Å². The van der Waals surface area contributed by atoms with Crippen LogP contribution in [0.5, 0.6) is 11.5 Å². The number of amides is 1. The predicted octanol–water partition coefficient (Wildman–Crippen LogP) is 4.84. The van der Waals surface area contributed by atoms with Crippen molar-refractivity contribution < 1.29 is 14.3 Å². The second-order valence-electron chi connectivity index (χ2n) is 6.45. The smallest absolute Gasteiger partial charge is 0.222 e. The molecule has 1 amide bonds. The lowest BCUT2D eigenvalue weighted by Gasteiger charge is -2.23. The molecule has 0 bridgehead atoms. The fraction of sp³-hybridized carbons (Fsp3) is 0.273. The van der Waals surface area contributed by atoms with Gasteiger partial charge in [-0.05, 0) is 42.0 Å². The largest absolute Gasteiger partial charge is 0.497 e. The van der Waals surface area contributed by atoms with Crippen LogP contribution in [0.15, 0.2) is 48.5 Å². The van der Waals surface area contributed by atoms with Crippen LogP contribution in [0.3, 0.4) is 0 Å². The fourth-order valence-electron chi connectivity index (χ4n) is 3.03. The van der Waals surface area contributed by atoms with Crippen LogP contribution in [-0.4, -0.2) is 30.0 Å². The molecule has 2 aromatic carbocycles. The maximum Gasteiger partial charge on any atom is 0.222 e. The number of hydrogen-bond acceptors (Lipinski definition) is 4. The Labute approximate surface area is 169 Å². The SMILES string of the molecule is CCC(=O)N(Cc1ccc(OC)cc1)Cc1cc2cc(OC)ccc2nc1Cl. The van der Waals surface area contributed by atoms with Gasteiger partial charge in [0.2, 0.25) is 5.91 Å². The highest BCUT2D eigenvalue weighted by atomic mass is 35.5. The summed E-state index contributed by atoms with van der Waals surface area (Å²) in [5.74, 6) is 1.59. The van der Waals surface area contributed by atoms with Gasteiger partial charge in [0.25, 0.3) is 0 Å². The summed E-state index contributed by atoms with van der Waals surface area (Å²) in [7, 11) is 3.26. The van der Waals surface area contributed by atoms with Gasteiger partial charge < -0.3 is 14.4 Å². The maximum atomic E-state index is 12.5. The highest BCUT2D eigenvalue weighted by Gasteiger charge is 2.16. The topological polar surface area (TPSA) is 51.7 Å². The average molecular weight is 399 g/mol. The highest BCUT2D eigenvalue weighted by molar-refractivity contribution is 6.30. The Morgan fingerprint density at radius 2 is 1.68 bits per heavy atom. The molecule has 6 heteroatoms. The summed E-state index contributed by atoms with van der Waals surface area (Å²) in [5, 5.41) is 1.33. The van der Waals surface area contributed by atoms with E-state index in [4.69, 9.17) is 21.1 Å². The van der Waals surface area contributed by atoms with Crippen molar-refractivity contribution in [3.8, 4) is 11.5 Å². The van der Waals surface area contributed by atoms with Crippen molar-refractivity contribution in [3.63, 3.8) is 0 Å². The van der Waals surface area contributed by atoms with Gasteiger partial charge in [0, 0.05) is 30.5 Å². The number of rotatable bonds is 7. The molecular formula is C22H23ClN2O3. The Kier molecular flexibility index (Phi) is 6.37. The van der Waals surface area contributed by atoms with Crippen molar-refractivity contribution in [3.05, 3.63) is 64.8 Å². The maximum absolute atomic E-state index is 12.5. The van der Waals surface area contributed by atoms with E-state index >= 15 is 0 Å². The number of carbonyl (C=O) groups is 1. The Morgan fingerprint density at radius 1 is 1.00 bits per heavy atom. The molecule has 3 rings (SSSR count). The summed E-state index contributed by atoms with van der Waals surface area (Å²) in [6.07, 6.45) is 0.419. The molecule has 0 saturated heterocycles. The Morgan fingerprint density at radius 3 is 2.32 bits per heavy atom. The van der Waals surface area contributed by atoms with E-state index in [2.05, 4.69) is 4.98 Å². The van der Waals surface area contributed by atoms with E-state index in [1.807, 2.05) is 55.5 Å². The number of hydrogen-bond donors (Lipinski definition) is 0. The second-order valence-corrected chi connectivity index (χ2v) is 6.81. The summed E-state index contributed by atoms with van der Waals surface area (Å²) in [6.45, 7) is 2.73. The van der Waals surface area contributed by atoms with E-state index in [9.17, 15) is 4.79 Å². The zero-order valence-electron chi connectivity index (χ0n) is 16.2. The molecule has 1 aromatic heterocycles. The van der Waals surface area contributed by atoms with Crippen molar-refractivity contribution in [1.82, 2.24) is 9.88 Å². The van der Waals surface area contributed by atoms with Gasteiger partial charge in [0.15, 0.2) is 0 Å². The van der Waals surface area contributed by atoms with Gasteiger partial charge in [0.05, 0.1) is 19.7 Å². The number of fused-ring (bicyclic) bond motifs is 1. The third-order valence-corrected chi connectivity index (χ3v) is 4.92. The van der Waals surface area contributed by atoms with Crippen LogP contribution < -0.4 is 9.47 Å². The predicted molar refractivity (Wildman–Crippen MR) is 111 cm³/mol. The molecule has 1 heterocycles. The minimum absolute atomic E-state index is 0.0534. The molecule has 0 fully saturated rings. The van der Waals surface area contributed by atoms with Crippen LogP contribution >= 0.6 is 11.6 Å². The molecule has 0 N–H and O–H groups in total. The fourth-order valence-corrected chi connectivity index (χ4v) is 3.23. The Bertz CT molecular complexity index is 973. The molecule has 0 radical (unpaired) electrons. The average Bonchev–Trinajstić information content (AvgIpc) is 2.73. The third kappa shape index (κ3) is 4.54. The molecule has 28 heavy (non-hydrogen) atoms. The first kappa shape index (κ1) is 20.0.